The van der Waals surface area contributed by atoms with Crippen LogP contribution >= 0.6 is 0 Å². The van der Waals surface area contributed by atoms with Crippen molar-refractivity contribution in [2.24, 2.45) is 17.2 Å². The molecule has 1 aromatic rings. The highest BCUT2D eigenvalue weighted by Crippen LogP contribution is 2.51. The molecule has 0 radical (unpaired) electrons. The van der Waals surface area contributed by atoms with Crippen molar-refractivity contribution in [2.75, 3.05) is 12.0 Å². The number of benzene rings is 1. The summed E-state index contributed by atoms with van der Waals surface area (Å²) in [5.41, 5.74) is 5.26. The molecule has 104 valence electrons. The van der Waals surface area contributed by atoms with Gasteiger partial charge < -0.3 is 10.7 Å². The van der Waals surface area contributed by atoms with E-state index >= 15 is 0 Å². The lowest BCUT2D eigenvalue weighted by Gasteiger charge is -2.20. The maximum atomic E-state index is 12.2. The molecule has 0 spiro atoms. The minimum Gasteiger partial charge on any atom is -0.351 e. The summed E-state index contributed by atoms with van der Waals surface area (Å²) in [6.07, 6.45) is 2.42. The highest BCUT2D eigenvalue weighted by atomic mass is 16.1. The van der Waals surface area contributed by atoms with Crippen LogP contribution < -0.4 is 16.6 Å². The molecule has 0 atom stereocenters. The number of hydrogen-bond acceptors (Lipinski definition) is 3. The molecule has 0 heterocycles. The first kappa shape index (κ1) is 13.9. The quantitative estimate of drug-likeness (QED) is 0.563. The number of carbonyl (C=O) groups is 1. The highest BCUT2D eigenvalue weighted by molar-refractivity contribution is 5.99. The molecule has 0 unspecified atom stereocenters. The van der Waals surface area contributed by atoms with Gasteiger partial charge in [-0.3, -0.25) is 10.6 Å². The molecule has 1 aliphatic rings. The van der Waals surface area contributed by atoms with Crippen LogP contribution in [-0.2, 0) is 0 Å². The Kier molecular flexibility index (Phi) is 3.80. The van der Waals surface area contributed by atoms with Crippen molar-refractivity contribution in [1.29, 1.82) is 0 Å². The molecular weight excluding hydrogens is 238 g/mol. The number of nitrogen functional groups attached to an aromatic ring is 1. The maximum absolute atomic E-state index is 12.2. The molecule has 4 nitrogen and oxygen atoms in total. The van der Waals surface area contributed by atoms with Crippen LogP contribution in [0.15, 0.2) is 18.2 Å². The Labute approximate surface area is 114 Å². The first-order valence-electron chi connectivity index (χ1n) is 6.84. The smallest absolute Gasteiger partial charge is 0.253 e. The molecule has 0 aliphatic heterocycles. The number of rotatable bonds is 5. The van der Waals surface area contributed by atoms with E-state index in [-0.39, 0.29) is 5.91 Å². The monoisotopic (exact) mass is 261 g/mol. The SMILES string of the molecule is Cc1ccc(C(=O)NCC2(C(C)C)CC2)c(NN)c1. The van der Waals surface area contributed by atoms with Gasteiger partial charge in [-0.2, -0.15) is 0 Å². The van der Waals surface area contributed by atoms with Gasteiger partial charge in [-0.25, -0.2) is 0 Å². The summed E-state index contributed by atoms with van der Waals surface area (Å²) in [5.74, 6) is 6.02. The van der Waals surface area contributed by atoms with E-state index in [9.17, 15) is 4.79 Å². The van der Waals surface area contributed by atoms with Gasteiger partial charge in [0, 0.05) is 6.54 Å². The van der Waals surface area contributed by atoms with Gasteiger partial charge in [0.25, 0.3) is 5.91 Å². The number of anilines is 1. The van der Waals surface area contributed by atoms with Gasteiger partial charge in [0.05, 0.1) is 11.3 Å². The summed E-state index contributed by atoms with van der Waals surface area (Å²) in [5, 5.41) is 3.04. The third kappa shape index (κ3) is 2.89. The minimum absolute atomic E-state index is 0.0557. The maximum Gasteiger partial charge on any atom is 0.253 e. The number of nitrogens with two attached hydrogens (primary N) is 1. The summed E-state index contributed by atoms with van der Waals surface area (Å²) in [7, 11) is 0. The summed E-state index contributed by atoms with van der Waals surface area (Å²) >= 11 is 0. The molecule has 0 saturated heterocycles. The summed E-state index contributed by atoms with van der Waals surface area (Å²) < 4.78 is 0. The summed E-state index contributed by atoms with van der Waals surface area (Å²) in [6, 6.07) is 5.62. The van der Waals surface area contributed by atoms with Crippen LogP contribution in [-0.4, -0.2) is 12.5 Å². The Morgan fingerprint density at radius 3 is 2.63 bits per heavy atom. The predicted octanol–water partition coefficient (Wildman–Crippen LogP) is 2.45. The second kappa shape index (κ2) is 5.21. The molecule has 1 saturated carbocycles. The standard InChI is InChI=1S/C15H23N3O/c1-10(2)15(6-7-15)9-17-14(19)12-5-4-11(3)8-13(12)18-16/h4-5,8,10,18H,6-7,9,16H2,1-3H3,(H,17,19). The van der Waals surface area contributed by atoms with Crippen molar-refractivity contribution in [1.82, 2.24) is 5.32 Å². The third-order valence-corrected chi connectivity index (χ3v) is 4.29. The normalized spacial score (nSPS) is 16.3. The van der Waals surface area contributed by atoms with Crippen molar-refractivity contribution in [2.45, 2.75) is 33.6 Å². The second-order valence-electron chi connectivity index (χ2n) is 5.89. The number of hydrogen-bond donors (Lipinski definition) is 3. The van der Waals surface area contributed by atoms with E-state index in [0.29, 0.717) is 22.6 Å². The van der Waals surface area contributed by atoms with Gasteiger partial charge in [0.15, 0.2) is 0 Å². The molecule has 4 N–H and O–H groups in total. The van der Waals surface area contributed by atoms with Gasteiger partial charge in [0.2, 0.25) is 0 Å². The summed E-state index contributed by atoms with van der Waals surface area (Å²) in [6.45, 7) is 7.16. The zero-order chi connectivity index (χ0) is 14.0. The van der Waals surface area contributed by atoms with Crippen molar-refractivity contribution in [3.63, 3.8) is 0 Å². The Morgan fingerprint density at radius 1 is 1.42 bits per heavy atom. The van der Waals surface area contributed by atoms with Gasteiger partial charge in [-0.1, -0.05) is 19.9 Å². The zero-order valence-corrected chi connectivity index (χ0v) is 11.9. The van der Waals surface area contributed by atoms with E-state index in [1.54, 1.807) is 0 Å². The Morgan fingerprint density at radius 2 is 2.11 bits per heavy atom. The van der Waals surface area contributed by atoms with E-state index in [0.717, 1.165) is 12.1 Å². The third-order valence-electron chi connectivity index (χ3n) is 4.29. The molecule has 1 amide bonds. The first-order valence-corrected chi connectivity index (χ1v) is 6.84. The average molecular weight is 261 g/mol. The number of hydrazine groups is 1. The van der Waals surface area contributed by atoms with E-state index in [1.807, 2.05) is 25.1 Å². The van der Waals surface area contributed by atoms with Gasteiger partial charge in [-0.15, -0.1) is 0 Å². The van der Waals surface area contributed by atoms with Gasteiger partial charge in [-0.05, 0) is 48.8 Å². The topological polar surface area (TPSA) is 67.2 Å². The Hall–Kier alpha value is -1.55. The van der Waals surface area contributed by atoms with Gasteiger partial charge in [0.1, 0.15) is 0 Å². The molecule has 1 aromatic carbocycles. The number of aryl methyl sites for hydroxylation is 1. The van der Waals surface area contributed by atoms with Crippen molar-refractivity contribution < 1.29 is 4.79 Å². The van der Waals surface area contributed by atoms with Crippen LogP contribution in [0, 0.1) is 18.3 Å². The summed E-state index contributed by atoms with van der Waals surface area (Å²) in [4.78, 5) is 12.2. The Balaban J connectivity index is 2.04. The Bertz CT molecular complexity index is 478. The van der Waals surface area contributed by atoms with E-state index in [4.69, 9.17) is 5.84 Å². The fourth-order valence-corrected chi connectivity index (χ4v) is 2.45. The van der Waals surface area contributed by atoms with Crippen LogP contribution in [0.25, 0.3) is 0 Å². The van der Waals surface area contributed by atoms with Gasteiger partial charge >= 0.3 is 0 Å². The molecule has 1 aliphatic carbocycles. The number of carbonyl (C=O) groups excluding carboxylic acids is 1. The average Bonchev–Trinajstić information content (AvgIpc) is 3.17. The lowest BCUT2D eigenvalue weighted by Crippen LogP contribution is -2.33. The van der Waals surface area contributed by atoms with Crippen LogP contribution in [0.2, 0.25) is 0 Å². The molecular formula is C15H23N3O. The fraction of sp³-hybridized carbons (Fsp3) is 0.533. The highest BCUT2D eigenvalue weighted by Gasteiger charge is 2.45. The molecule has 0 bridgehead atoms. The molecule has 4 heteroatoms. The van der Waals surface area contributed by atoms with E-state index in [2.05, 4.69) is 24.6 Å². The zero-order valence-electron chi connectivity index (χ0n) is 11.9. The van der Waals surface area contributed by atoms with Crippen LogP contribution in [0.1, 0.15) is 42.6 Å². The number of amides is 1. The lowest BCUT2D eigenvalue weighted by atomic mass is 9.92. The number of nitrogens with one attached hydrogen (secondary N) is 2. The van der Waals surface area contributed by atoms with Crippen LogP contribution in [0.5, 0.6) is 0 Å². The lowest BCUT2D eigenvalue weighted by molar-refractivity contribution is 0.0940. The largest absolute Gasteiger partial charge is 0.351 e. The van der Waals surface area contributed by atoms with Crippen LogP contribution in [0.3, 0.4) is 0 Å². The van der Waals surface area contributed by atoms with E-state index in [1.165, 1.54) is 12.8 Å². The van der Waals surface area contributed by atoms with Crippen molar-refractivity contribution >= 4 is 11.6 Å². The first-order chi connectivity index (χ1) is 8.98. The molecule has 19 heavy (non-hydrogen) atoms. The van der Waals surface area contributed by atoms with Crippen molar-refractivity contribution in [3.05, 3.63) is 29.3 Å². The molecule has 0 aromatic heterocycles. The molecule has 2 rings (SSSR count). The molecule has 1 fully saturated rings. The fourth-order valence-electron chi connectivity index (χ4n) is 2.45. The predicted molar refractivity (Wildman–Crippen MR) is 77.8 cm³/mol. The van der Waals surface area contributed by atoms with E-state index < -0.39 is 0 Å². The van der Waals surface area contributed by atoms with Crippen molar-refractivity contribution in [3.8, 4) is 0 Å². The minimum atomic E-state index is -0.0557. The van der Waals surface area contributed by atoms with Crippen LogP contribution in [0.4, 0.5) is 5.69 Å². The second-order valence-corrected chi connectivity index (χ2v) is 5.89.